The predicted octanol–water partition coefficient (Wildman–Crippen LogP) is 1.29. The van der Waals surface area contributed by atoms with Crippen LogP contribution in [0.1, 0.15) is 38.5 Å². The van der Waals surface area contributed by atoms with E-state index >= 15 is 0 Å². The third-order valence-corrected chi connectivity index (χ3v) is 3.08. The first-order valence-electron chi connectivity index (χ1n) is 5.28. The molecule has 2 N–H and O–H groups in total. The maximum absolute atomic E-state index is 9.82. The molecule has 2 heteroatoms. The van der Waals surface area contributed by atoms with Crippen LogP contribution in [0.4, 0.5) is 0 Å². The van der Waals surface area contributed by atoms with Gasteiger partial charge in [-0.25, -0.2) is 0 Å². The zero-order valence-corrected chi connectivity index (χ0v) is 7.63. The molecule has 0 spiro atoms. The average Bonchev–Trinajstić information content (AvgIpc) is 2.90. The van der Waals surface area contributed by atoms with Crippen LogP contribution in [0.25, 0.3) is 0 Å². The van der Waals surface area contributed by atoms with Crippen molar-refractivity contribution < 1.29 is 5.11 Å². The molecular weight excluding hydrogens is 150 g/mol. The number of aliphatic hydroxyl groups excluding tert-OH is 1. The average molecular weight is 169 g/mol. The minimum Gasteiger partial charge on any atom is -0.391 e. The fourth-order valence-electron chi connectivity index (χ4n) is 2.07. The first kappa shape index (κ1) is 8.52. The van der Waals surface area contributed by atoms with Crippen molar-refractivity contribution in [2.24, 2.45) is 5.92 Å². The monoisotopic (exact) mass is 169 g/mol. The molecule has 70 valence electrons. The zero-order chi connectivity index (χ0) is 8.39. The Kier molecular flexibility index (Phi) is 2.66. The van der Waals surface area contributed by atoms with Gasteiger partial charge in [0.1, 0.15) is 0 Å². The van der Waals surface area contributed by atoms with Crippen molar-refractivity contribution in [1.82, 2.24) is 5.32 Å². The molecule has 2 aliphatic rings. The summed E-state index contributed by atoms with van der Waals surface area (Å²) in [5, 5.41) is 13.2. The maximum atomic E-state index is 9.82. The highest BCUT2D eigenvalue weighted by molar-refractivity contribution is 4.84. The number of rotatable bonds is 3. The van der Waals surface area contributed by atoms with Gasteiger partial charge in [0.25, 0.3) is 0 Å². The molecule has 0 amide bonds. The first-order chi connectivity index (χ1) is 5.86. The minimum absolute atomic E-state index is 0.0715. The molecule has 2 fully saturated rings. The molecule has 1 aliphatic heterocycles. The van der Waals surface area contributed by atoms with Gasteiger partial charge in [0, 0.05) is 6.04 Å². The highest BCUT2D eigenvalue weighted by atomic mass is 16.3. The molecule has 2 nitrogen and oxygen atoms in total. The number of hydrogen-bond acceptors (Lipinski definition) is 2. The van der Waals surface area contributed by atoms with Gasteiger partial charge in [0.2, 0.25) is 0 Å². The van der Waals surface area contributed by atoms with Crippen LogP contribution in [0.2, 0.25) is 0 Å². The van der Waals surface area contributed by atoms with Gasteiger partial charge >= 0.3 is 0 Å². The smallest absolute Gasteiger partial charge is 0.0695 e. The van der Waals surface area contributed by atoms with Crippen LogP contribution in [-0.4, -0.2) is 23.8 Å². The van der Waals surface area contributed by atoms with Gasteiger partial charge in [-0.3, -0.25) is 0 Å². The van der Waals surface area contributed by atoms with Crippen molar-refractivity contribution in [2.75, 3.05) is 6.54 Å². The molecule has 2 rings (SSSR count). The SMILES string of the molecule is OC(CC1CC1)C1CCCCN1. The number of piperidine rings is 1. The lowest BCUT2D eigenvalue weighted by Crippen LogP contribution is -2.43. The van der Waals surface area contributed by atoms with Crippen LogP contribution in [-0.2, 0) is 0 Å². The molecule has 1 saturated heterocycles. The Labute approximate surface area is 74.4 Å². The summed E-state index contributed by atoms with van der Waals surface area (Å²) in [6.07, 6.45) is 7.42. The summed E-state index contributed by atoms with van der Waals surface area (Å²) in [6, 6.07) is 0.402. The van der Waals surface area contributed by atoms with Crippen LogP contribution < -0.4 is 5.32 Å². The number of aliphatic hydroxyl groups is 1. The fraction of sp³-hybridized carbons (Fsp3) is 1.00. The topological polar surface area (TPSA) is 32.3 Å². The Balaban J connectivity index is 1.72. The van der Waals surface area contributed by atoms with Crippen molar-refractivity contribution >= 4 is 0 Å². The van der Waals surface area contributed by atoms with E-state index in [4.69, 9.17) is 0 Å². The molecule has 1 aliphatic carbocycles. The number of hydrogen-bond donors (Lipinski definition) is 2. The Morgan fingerprint density at radius 2 is 2.08 bits per heavy atom. The molecule has 2 atom stereocenters. The van der Waals surface area contributed by atoms with Gasteiger partial charge in [-0.1, -0.05) is 19.3 Å². The second-order valence-corrected chi connectivity index (χ2v) is 4.30. The third-order valence-electron chi connectivity index (χ3n) is 3.08. The lowest BCUT2D eigenvalue weighted by molar-refractivity contribution is 0.0993. The van der Waals surface area contributed by atoms with E-state index in [2.05, 4.69) is 5.32 Å². The van der Waals surface area contributed by atoms with Crippen LogP contribution in [0.15, 0.2) is 0 Å². The van der Waals surface area contributed by atoms with Gasteiger partial charge in [-0.2, -0.15) is 0 Å². The van der Waals surface area contributed by atoms with E-state index in [9.17, 15) is 5.11 Å². The Morgan fingerprint density at radius 3 is 2.67 bits per heavy atom. The van der Waals surface area contributed by atoms with Crippen molar-refractivity contribution in [3.8, 4) is 0 Å². The Hall–Kier alpha value is -0.0800. The van der Waals surface area contributed by atoms with Gasteiger partial charge in [0.05, 0.1) is 6.10 Å². The van der Waals surface area contributed by atoms with Crippen LogP contribution >= 0.6 is 0 Å². The standard InChI is InChI=1S/C10H19NO/c12-10(7-8-4-5-8)9-3-1-2-6-11-9/h8-12H,1-7H2. The van der Waals surface area contributed by atoms with Gasteiger partial charge < -0.3 is 10.4 Å². The molecule has 0 aromatic heterocycles. The Bertz CT molecular complexity index is 139. The fourth-order valence-corrected chi connectivity index (χ4v) is 2.07. The second kappa shape index (κ2) is 3.75. The molecular formula is C10H19NO. The van der Waals surface area contributed by atoms with Gasteiger partial charge in [-0.05, 0) is 31.7 Å². The van der Waals surface area contributed by atoms with Crippen LogP contribution in [0, 0.1) is 5.92 Å². The van der Waals surface area contributed by atoms with E-state index in [0.29, 0.717) is 6.04 Å². The maximum Gasteiger partial charge on any atom is 0.0695 e. The predicted molar refractivity (Wildman–Crippen MR) is 49.0 cm³/mol. The van der Waals surface area contributed by atoms with Crippen molar-refractivity contribution in [3.05, 3.63) is 0 Å². The van der Waals surface area contributed by atoms with E-state index in [-0.39, 0.29) is 6.10 Å². The van der Waals surface area contributed by atoms with Gasteiger partial charge in [-0.15, -0.1) is 0 Å². The van der Waals surface area contributed by atoms with E-state index in [1.54, 1.807) is 0 Å². The summed E-state index contributed by atoms with van der Waals surface area (Å²) in [6.45, 7) is 1.10. The largest absolute Gasteiger partial charge is 0.391 e. The van der Waals surface area contributed by atoms with Crippen molar-refractivity contribution in [3.63, 3.8) is 0 Å². The van der Waals surface area contributed by atoms with Crippen molar-refractivity contribution in [1.29, 1.82) is 0 Å². The summed E-state index contributed by atoms with van der Waals surface area (Å²) in [5.74, 6) is 0.851. The van der Waals surface area contributed by atoms with Crippen molar-refractivity contribution in [2.45, 2.75) is 50.7 Å². The summed E-state index contributed by atoms with van der Waals surface area (Å²) in [4.78, 5) is 0. The normalized spacial score (nSPS) is 33.2. The molecule has 0 aromatic rings. The van der Waals surface area contributed by atoms with E-state index < -0.39 is 0 Å². The first-order valence-corrected chi connectivity index (χ1v) is 5.28. The summed E-state index contributed by atoms with van der Waals surface area (Å²) < 4.78 is 0. The summed E-state index contributed by atoms with van der Waals surface area (Å²) in [7, 11) is 0. The highest BCUT2D eigenvalue weighted by Gasteiger charge is 2.29. The van der Waals surface area contributed by atoms with Crippen LogP contribution in [0.5, 0.6) is 0 Å². The van der Waals surface area contributed by atoms with E-state index in [1.807, 2.05) is 0 Å². The molecule has 2 unspecified atom stereocenters. The van der Waals surface area contributed by atoms with E-state index in [0.717, 1.165) is 18.9 Å². The number of nitrogens with one attached hydrogen (secondary N) is 1. The molecule has 1 saturated carbocycles. The second-order valence-electron chi connectivity index (χ2n) is 4.30. The van der Waals surface area contributed by atoms with E-state index in [1.165, 1.54) is 32.1 Å². The molecule has 12 heavy (non-hydrogen) atoms. The summed E-state index contributed by atoms with van der Waals surface area (Å²) in [5.41, 5.74) is 0. The molecule has 0 radical (unpaired) electrons. The zero-order valence-electron chi connectivity index (χ0n) is 7.63. The molecule has 1 heterocycles. The highest BCUT2D eigenvalue weighted by Crippen LogP contribution is 2.34. The third kappa shape index (κ3) is 2.20. The summed E-state index contributed by atoms with van der Waals surface area (Å²) >= 11 is 0. The quantitative estimate of drug-likeness (QED) is 0.667. The Morgan fingerprint density at radius 1 is 1.25 bits per heavy atom. The van der Waals surface area contributed by atoms with Crippen LogP contribution in [0.3, 0.4) is 0 Å². The lowest BCUT2D eigenvalue weighted by Gasteiger charge is -2.27. The molecule has 0 bridgehead atoms. The minimum atomic E-state index is -0.0715. The van der Waals surface area contributed by atoms with Gasteiger partial charge in [0.15, 0.2) is 0 Å². The lowest BCUT2D eigenvalue weighted by atomic mass is 9.96. The molecule has 0 aromatic carbocycles.